The topological polar surface area (TPSA) is 0 Å². The second-order valence-corrected chi connectivity index (χ2v) is 40.8. The van der Waals surface area contributed by atoms with Gasteiger partial charge in [0.05, 0.1) is 0 Å². The van der Waals surface area contributed by atoms with Crippen LogP contribution in [-0.2, 0) is 21.3 Å². The predicted molar refractivity (Wildman–Crippen MR) is 396 cm³/mol. The zero-order chi connectivity index (χ0) is 58.2. The molecule has 0 N–H and O–H groups in total. The van der Waals surface area contributed by atoms with E-state index in [1.807, 2.05) is 22.3 Å². The molecule has 0 aromatic heterocycles. The molecule has 0 saturated carbocycles. The number of hydrogen-bond donors (Lipinski definition) is 0. The second-order valence-electron chi connectivity index (χ2n) is 36.8. The minimum atomic E-state index is -3.45. The molecule has 1 saturated heterocycles. The van der Waals surface area contributed by atoms with E-state index in [2.05, 4.69) is 114 Å². The Kier molecular flexibility index (Phi) is 4.29. The molecule has 1 atom stereocenters. The highest BCUT2D eigenvalue weighted by Gasteiger charge is 2.84. The van der Waals surface area contributed by atoms with Crippen molar-refractivity contribution in [1.82, 2.24) is 0 Å². The van der Waals surface area contributed by atoms with Gasteiger partial charge in [0.1, 0.15) is 8.07 Å². The average Bonchev–Trinajstić information content (AvgIpc) is 1.38. The fraction of sp³-hybridized carbons (Fsp3) is 0.222. The normalized spacial score (nSPS) is 22.1. The van der Waals surface area contributed by atoms with Gasteiger partial charge in [0.15, 0.2) is 0 Å². The van der Waals surface area contributed by atoms with E-state index in [4.69, 9.17) is 0 Å². The van der Waals surface area contributed by atoms with E-state index in [9.17, 15) is 0 Å². The number of rotatable bonds is 2. The average molecular weight is 1160 g/mol. The summed E-state index contributed by atoms with van der Waals surface area (Å²) in [7, 11) is -3.45. The van der Waals surface area contributed by atoms with Gasteiger partial charge < -0.3 is 0 Å². The SMILES string of the molecule is Cc1cc(C(C)(C)C)cc(C)c1[Si]1(c2c(C)cc(C(C)(C)C)cc2C)C[C@@H](C(C)(C)C)C23c4c5c6c7c8c9c(c%10c%11c2c2c4c4c%12c5c5c6c6c8c8c%13c9c9c%10c%10c%11c%11c2c2c4c4c%12c%12c5c5c6c8c6c8c%13c9c9c%10c%10c%11c2c2c4c4c%12c5c6c5c8c9c%10c2c45)C731. The third-order valence-corrected chi connectivity index (χ3v) is 38.2. The van der Waals surface area contributed by atoms with Crippen molar-refractivity contribution >= 4 is 309 Å². The molecule has 0 unspecified atom stereocenters. The van der Waals surface area contributed by atoms with Crippen LogP contribution in [0, 0.1) is 39.0 Å². The van der Waals surface area contributed by atoms with E-state index in [1.54, 1.807) is 323 Å². The number of benzene rings is 20. The van der Waals surface area contributed by atoms with Gasteiger partial charge in [-0.15, -0.1) is 0 Å². The van der Waals surface area contributed by atoms with E-state index in [1.165, 1.54) is 17.2 Å². The molecule has 1 aliphatic heterocycles. The molecular weight excluding hydrogens is 1110 g/mol. The van der Waals surface area contributed by atoms with Gasteiger partial charge >= 0.3 is 0 Å². The molecule has 30 aromatic carbocycles. The van der Waals surface area contributed by atoms with Gasteiger partial charge in [0.2, 0.25) is 0 Å². The molecule has 35 rings (SSSR count). The van der Waals surface area contributed by atoms with Crippen molar-refractivity contribution in [1.29, 1.82) is 0 Å². The predicted octanol–water partition coefficient (Wildman–Crippen LogP) is 23.6. The van der Waals surface area contributed by atoms with Gasteiger partial charge in [0, 0.05) is 10.5 Å². The summed E-state index contributed by atoms with van der Waals surface area (Å²) in [6, 6.07) is 12.3. The molecule has 0 bridgehead atoms. The van der Waals surface area contributed by atoms with Crippen molar-refractivity contribution in [2.24, 2.45) is 11.3 Å². The van der Waals surface area contributed by atoms with Crippen LogP contribution in [0.25, 0.3) is 291 Å². The summed E-state index contributed by atoms with van der Waals surface area (Å²) >= 11 is 0. The largest absolute Gasteiger partial charge is 0.136 e. The van der Waals surface area contributed by atoms with Crippen molar-refractivity contribution in [3.05, 3.63) is 79.9 Å². The molecule has 4 aliphatic carbocycles. The molecular formula is C90H46Si. The lowest BCUT2D eigenvalue weighted by atomic mass is 9.48. The first kappa shape index (κ1) is 40.8. The Balaban J connectivity index is 1.03. The zero-order valence-electron chi connectivity index (χ0n) is 52.6. The van der Waals surface area contributed by atoms with Gasteiger partial charge in [0.25, 0.3) is 0 Å². The highest BCUT2D eigenvalue weighted by atomic mass is 28.3. The van der Waals surface area contributed by atoms with Crippen LogP contribution in [0.4, 0.5) is 0 Å². The number of hydrogen-bond acceptors (Lipinski definition) is 0. The van der Waals surface area contributed by atoms with Crippen molar-refractivity contribution in [2.75, 3.05) is 0 Å². The third-order valence-electron chi connectivity index (χ3n) is 31.7. The molecule has 5 aliphatic rings. The molecule has 1 fully saturated rings. The van der Waals surface area contributed by atoms with Crippen LogP contribution in [0.5, 0.6) is 0 Å². The zero-order valence-corrected chi connectivity index (χ0v) is 53.6. The van der Waals surface area contributed by atoms with E-state index in [-0.39, 0.29) is 21.7 Å². The summed E-state index contributed by atoms with van der Waals surface area (Å²) in [5.41, 5.74) is 16.2. The Labute approximate surface area is 514 Å². The summed E-state index contributed by atoms with van der Waals surface area (Å²) in [6.07, 6.45) is 0. The summed E-state index contributed by atoms with van der Waals surface area (Å²) in [5.74, 6) is 0.324. The highest BCUT2D eigenvalue weighted by molar-refractivity contribution is 7.08. The molecule has 91 heavy (non-hydrogen) atoms. The Morgan fingerprint density at radius 3 is 0.582 bits per heavy atom. The van der Waals surface area contributed by atoms with E-state index >= 15 is 0 Å². The maximum atomic E-state index is 2.79. The van der Waals surface area contributed by atoms with Gasteiger partial charge in [-0.3, -0.25) is 0 Å². The van der Waals surface area contributed by atoms with Crippen molar-refractivity contribution < 1.29 is 0 Å². The Bertz CT molecular complexity index is 8210. The second kappa shape index (κ2) is 9.58. The minimum absolute atomic E-state index is 0.00666. The lowest BCUT2D eigenvalue weighted by Crippen LogP contribution is -2.75. The van der Waals surface area contributed by atoms with E-state index < -0.39 is 13.1 Å². The van der Waals surface area contributed by atoms with Gasteiger partial charge in [-0.25, -0.2) is 0 Å². The van der Waals surface area contributed by atoms with Crippen molar-refractivity contribution in [2.45, 2.75) is 117 Å². The molecule has 1 heteroatoms. The maximum absolute atomic E-state index is 3.45. The van der Waals surface area contributed by atoms with Crippen LogP contribution in [-0.4, -0.2) is 8.07 Å². The summed E-state index contributed by atoms with van der Waals surface area (Å²) in [4.78, 5) is 0. The monoisotopic (exact) mass is 1150 g/mol. The molecule has 2 spiro atoms. The van der Waals surface area contributed by atoms with Crippen LogP contribution in [0.15, 0.2) is 24.3 Å². The van der Waals surface area contributed by atoms with Crippen LogP contribution in [0.3, 0.4) is 0 Å². The Morgan fingerprint density at radius 1 is 0.253 bits per heavy atom. The lowest BCUT2D eigenvalue weighted by molar-refractivity contribution is 0.167. The molecule has 410 valence electrons. The molecule has 0 nitrogen and oxygen atoms in total. The smallest absolute Gasteiger partial charge is 0.0599 e. The Morgan fingerprint density at radius 2 is 0.418 bits per heavy atom. The quantitative estimate of drug-likeness (QED) is 0.120. The van der Waals surface area contributed by atoms with Crippen LogP contribution in [0.1, 0.15) is 118 Å². The van der Waals surface area contributed by atoms with Crippen LogP contribution < -0.4 is 10.4 Å². The molecule has 0 radical (unpaired) electrons. The third kappa shape index (κ3) is 2.55. The fourth-order valence-electron chi connectivity index (χ4n) is 31.1. The number of aryl methyl sites for hydroxylation is 4. The molecule has 1 heterocycles. The standard InChI is InChI=1S/C90H46Si/c1-19-14-23(86(5,6)7)15-20(2)84(19)91(85-21(3)16-24(17-22(85)4)87(8,9)10)18-25(88(11,12)13)89-80-72-64-54-44-36-28-26-27-30-34-32(28)40-48-42(34)52-46-38(30)39-31(27)35-33-29(26)37(36)45-51-41(33)49-43(35)53-47(39)57-56(46)68-62(52)70-60(48)66(58(64)50(40)44)74(80)76(70)82-78(68)79-69(57)63(53)71-61(49)67-59(51)65(55(45)54)73(72)81(89)75(67)77(71)83(79)90(82,89)91/h14-17,25H,18H2,1-13H3/t25-,89?,90?/m0/s1. The van der Waals surface area contributed by atoms with Crippen LogP contribution in [0.2, 0.25) is 6.04 Å². The highest BCUT2D eigenvalue weighted by Crippen LogP contribution is 2.89. The summed E-state index contributed by atoms with van der Waals surface area (Å²) in [6.45, 7) is 33.9. The minimum Gasteiger partial charge on any atom is -0.0599 e. The molecule has 30 aromatic rings. The Hall–Kier alpha value is -8.88. The first-order valence-corrected chi connectivity index (χ1v) is 37.1. The van der Waals surface area contributed by atoms with E-state index in [0.29, 0.717) is 5.92 Å². The van der Waals surface area contributed by atoms with Gasteiger partial charge in [-0.1, -0.05) is 109 Å². The van der Waals surface area contributed by atoms with Crippen molar-refractivity contribution in [3.63, 3.8) is 0 Å². The molecule has 0 amide bonds. The van der Waals surface area contributed by atoms with E-state index in [0.717, 1.165) is 0 Å². The van der Waals surface area contributed by atoms with Gasteiger partial charge in [-0.2, -0.15) is 0 Å². The van der Waals surface area contributed by atoms with Gasteiger partial charge in [-0.05, 0) is 391 Å². The summed E-state index contributed by atoms with van der Waals surface area (Å²) in [5, 5.41) is 94.5. The maximum Gasteiger partial charge on any atom is 0.136 e. The van der Waals surface area contributed by atoms with Crippen molar-refractivity contribution in [3.8, 4) is 0 Å². The first-order chi connectivity index (χ1) is 43.9. The van der Waals surface area contributed by atoms with Crippen LogP contribution >= 0.6 is 0 Å². The summed E-state index contributed by atoms with van der Waals surface area (Å²) < 4.78 is 0. The first-order valence-electron chi connectivity index (χ1n) is 34.9. The fourth-order valence-corrected chi connectivity index (χ4v) is 39.8. The lowest BCUT2D eigenvalue weighted by Gasteiger charge is -2.60.